The molecule has 0 radical (unpaired) electrons. The average Bonchev–Trinajstić information content (AvgIpc) is 3.15. The Morgan fingerprint density at radius 2 is 1.56 bits per heavy atom. The summed E-state index contributed by atoms with van der Waals surface area (Å²) in [5, 5.41) is 0. The molecule has 0 saturated heterocycles. The Labute approximate surface area is 195 Å². The van der Waals surface area contributed by atoms with Crippen LogP contribution in [0.3, 0.4) is 0 Å². The highest BCUT2D eigenvalue weighted by Gasteiger charge is 2.30. The van der Waals surface area contributed by atoms with Gasteiger partial charge in [-0.2, -0.15) is 0 Å². The molecular weight excluding hydrogens is 446 g/mol. The number of ether oxygens (including phenoxy) is 5. The van der Waals surface area contributed by atoms with Crippen LogP contribution in [-0.4, -0.2) is 27.1 Å². The summed E-state index contributed by atoms with van der Waals surface area (Å²) in [5.74, 6) is 0.383. The predicted octanol–water partition coefficient (Wildman–Crippen LogP) is 5.49. The van der Waals surface area contributed by atoms with Gasteiger partial charge < -0.3 is 23.7 Å². The van der Waals surface area contributed by atoms with E-state index in [2.05, 4.69) is 0 Å². The van der Waals surface area contributed by atoms with Crippen LogP contribution in [0, 0.1) is 18.6 Å². The standard InChI is InChI=1S/C26H22F2O6/c1-14-20(33-13-17-18(27)6-5-7-19(17)28)9-8-16-24(29)21(34-25(14)16)10-15-11-22(30-2)26(32-4)23(12-15)31-3/h5-12H,13H2,1-4H3/b21-10-. The number of methoxy groups -OCH3 is 3. The molecule has 0 amide bonds. The van der Waals surface area contributed by atoms with Crippen LogP contribution in [0.5, 0.6) is 28.7 Å². The van der Waals surface area contributed by atoms with Gasteiger partial charge >= 0.3 is 0 Å². The minimum Gasteiger partial charge on any atom is -0.493 e. The first kappa shape index (κ1) is 23.1. The minimum atomic E-state index is -0.694. The van der Waals surface area contributed by atoms with Gasteiger partial charge in [0.05, 0.1) is 32.5 Å². The summed E-state index contributed by atoms with van der Waals surface area (Å²) in [6.45, 7) is 1.40. The van der Waals surface area contributed by atoms with Crippen LogP contribution in [0.25, 0.3) is 6.08 Å². The number of carbonyl (C=O) groups is 1. The second-order valence-electron chi connectivity index (χ2n) is 7.45. The second kappa shape index (κ2) is 9.43. The van der Waals surface area contributed by atoms with Crippen molar-refractivity contribution < 1.29 is 37.3 Å². The molecular formula is C26H22F2O6. The van der Waals surface area contributed by atoms with Gasteiger partial charge in [0.2, 0.25) is 11.5 Å². The van der Waals surface area contributed by atoms with E-state index < -0.39 is 11.6 Å². The Balaban J connectivity index is 1.62. The largest absolute Gasteiger partial charge is 0.493 e. The third-order valence-corrected chi connectivity index (χ3v) is 5.46. The molecule has 0 unspecified atom stereocenters. The van der Waals surface area contributed by atoms with Crippen LogP contribution in [-0.2, 0) is 6.61 Å². The van der Waals surface area contributed by atoms with Crippen LogP contribution in [0.1, 0.15) is 27.0 Å². The van der Waals surface area contributed by atoms with E-state index in [1.165, 1.54) is 39.5 Å². The Kier molecular flexibility index (Phi) is 6.40. The number of halogens is 2. The van der Waals surface area contributed by atoms with E-state index in [1.54, 1.807) is 37.3 Å². The number of Topliss-reactive ketones (excluding diaryl/α,β-unsaturated/α-hetero) is 1. The van der Waals surface area contributed by atoms with Crippen molar-refractivity contribution >= 4 is 11.9 Å². The zero-order valence-corrected chi connectivity index (χ0v) is 19.0. The molecule has 4 rings (SSSR count). The first-order valence-corrected chi connectivity index (χ1v) is 10.3. The van der Waals surface area contributed by atoms with E-state index in [4.69, 9.17) is 23.7 Å². The molecule has 1 aliphatic heterocycles. The average molecular weight is 468 g/mol. The summed E-state index contributed by atoms with van der Waals surface area (Å²) < 4.78 is 55.4. The lowest BCUT2D eigenvalue weighted by Gasteiger charge is -2.13. The smallest absolute Gasteiger partial charge is 0.231 e. The van der Waals surface area contributed by atoms with Gasteiger partial charge in [-0.25, -0.2) is 8.78 Å². The predicted molar refractivity (Wildman–Crippen MR) is 121 cm³/mol. The van der Waals surface area contributed by atoms with Gasteiger partial charge in [0.1, 0.15) is 29.7 Å². The molecule has 0 bridgehead atoms. The van der Waals surface area contributed by atoms with E-state index in [-0.39, 0.29) is 23.7 Å². The van der Waals surface area contributed by atoms with Crippen LogP contribution < -0.4 is 23.7 Å². The Bertz CT molecular complexity index is 1250. The summed E-state index contributed by atoms with van der Waals surface area (Å²) in [4.78, 5) is 12.9. The van der Waals surface area contributed by atoms with Crippen molar-refractivity contribution in [3.05, 3.63) is 82.1 Å². The van der Waals surface area contributed by atoms with E-state index in [9.17, 15) is 13.6 Å². The van der Waals surface area contributed by atoms with Crippen LogP contribution in [0.4, 0.5) is 8.78 Å². The normalized spacial score (nSPS) is 13.5. The van der Waals surface area contributed by atoms with Gasteiger partial charge in [0.25, 0.3) is 0 Å². The zero-order valence-electron chi connectivity index (χ0n) is 19.0. The van der Waals surface area contributed by atoms with Crippen molar-refractivity contribution in [3.8, 4) is 28.7 Å². The van der Waals surface area contributed by atoms with Crippen LogP contribution in [0.15, 0.2) is 48.2 Å². The van der Waals surface area contributed by atoms with Gasteiger partial charge in [-0.15, -0.1) is 0 Å². The fraction of sp³-hybridized carbons (Fsp3) is 0.192. The Morgan fingerprint density at radius 3 is 2.15 bits per heavy atom. The molecule has 0 atom stereocenters. The van der Waals surface area contributed by atoms with Crippen molar-refractivity contribution in [2.75, 3.05) is 21.3 Å². The monoisotopic (exact) mass is 468 g/mol. The number of allylic oxidation sites excluding steroid dienone is 1. The van der Waals surface area contributed by atoms with E-state index in [0.717, 1.165) is 0 Å². The second-order valence-corrected chi connectivity index (χ2v) is 7.45. The summed E-state index contributed by atoms with van der Waals surface area (Å²) in [5.41, 5.74) is 1.33. The van der Waals surface area contributed by atoms with Crippen molar-refractivity contribution in [2.45, 2.75) is 13.5 Å². The summed E-state index contributed by atoms with van der Waals surface area (Å²) in [6, 6.07) is 10.1. The van der Waals surface area contributed by atoms with E-state index in [1.807, 2.05) is 0 Å². The molecule has 1 aliphatic rings. The van der Waals surface area contributed by atoms with Gasteiger partial charge in [0, 0.05) is 5.56 Å². The maximum Gasteiger partial charge on any atom is 0.231 e. The molecule has 176 valence electrons. The minimum absolute atomic E-state index is 0.102. The van der Waals surface area contributed by atoms with Gasteiger partial charge in [-0.05, 0) is 55.0 Å². The Hall–Kier alpha value is -4.07. The quantitative estimate of drug-likeness (QED) is 0.427. The maximum atomic E-state index is 13.9. The fourth-order valence-electron chi connectivity index (χ4n) is 3.68. The molecule has 0 spiro atoms. The number of rotatable bonds is 7. The summed E-state index contributed by atoms with van der Waals surface area (Å²) >= 11 is 0. The lowest BCUT2D eigenvalue weighted by molar-refractivity contribution is 0.101. The highest BCUT2D eigenvalue weighted by atomic mass is 19.1. The molecule has 0 aliphatic carbocycles. The summed E-state index contributed by atoms with van der Waals surface area (Å²) in [7, 11) is 4.50. The SMILES string of the molecule is COc1cc(/C=C2\Oc3c(ccc(OCc4c(F)cccc4F)c3C)C2=O)cc(OC)c1OC. The van der Waals surface area contributed by atoms with Crippen LogP contribution >= 0.6 is 0 Å². The van der Waals surface area contributed by atoms with Gasteiger partial charge in [-0.3, -0.25) is 4.79 Å². The molecule has 8 heteroatoms. The van der Waals surface area contributed by atoms with Crippen molar-refractivity contribution in [2.24, 2.45) is 0 Å². The third kappa shape index (κ3) is 4.14. The fourth-order valence-corrected chi connectivity index (χ4v) is 3.68. The third-order valence-electron chi connectivity index (χ3n) is 5.46. The van der Waals surface area contributed by atoms with Crippen molar-refractivity contribution in [1.29, 1.82) is 0 Å². The number of hydrogen-bond acceptors (Lipinski definition) is 6. The van der Waals surface area contributed by atoms with E-state index >= 15 is 0 Å². The molecule has 1 heterocycles. The molecule has 0 saturated carbocycles. The summed E-state index contributed by atoms with van der Waals surface area (Å²) in [6.07, 6.45) is 1.57. The molecule has 34 heavy (non-hydrogen) atoms. The highest BCUT2D eigenvalue weighted by molar-refractivity contribution is 6.15. The molecule has 3 aromatic carbocycles. The molecule has 3 aromatic rings. The molecule has 0 aromatic heterocycles. The number of ketones is 1. The zero-order chi connectivity index (χ0) is 24.4. The van der Waals surface area contributed by atoms with E-state index in [0.29, 0.717) is 45.4 Å². The highest BCUT2D eigenvalue weighted by Crippen LogP contribution is 2.42. The lowest BCUT2D eigenvalue weighted by atomic mass is 10.1. The van der Waals surface area contributed by atoms with Crippen LogP contribution in [0.2, 0.25) is 0 Å². The topological polar surface area (TPSA) is 63.2 Å². The Morgan fingerprint density at radius 1 is 0.912 bits per heavy atom. The number of fused-ring (bicyclic) bond motifs is 1. The number of hydrogen-bond donors (Lipinski definition) is 0. The van der Waals surface area contributed by atoms with Crippen molar-refractivity contribution in [1.82, 2.24) is 0 Å². The number of benzene rings is 3. The molecule has 0 N–H and O–H groups in total. The lowest BCUT2D eigenvalue weighted by Crippen LogP contribution is -2.03. The van der Waals surface area contributed by atoms with Crippen molar-refractivity contribution in [3.63, 3.8) is 0 Å². The maximum absolute atomic E-state index is 13.9. The molecule has 0 fully saturated rings. The number of carbonyl (C=O) groups excluding carboxylic acids is 1. The van der Waals surface area contributed by atoms with Gasteiger partial charge in [-0.1, -0.05) is 6.07 Å². The van der Waals surface area contributed by atoms with Gasteiger partial charge in [0.15, 0.2) is 17.3 Å². The first-order valence-electron chi connectivity index (χ1n) is 10.3. The molecule has 6 nitrogen and oxygen atoms in total. The first-order chi connectivity index (χ1) is 16.4.